The maximum absolute atomic E-state index is 14.0. The Balaban J connectivity index is 1.41. The Labute approximate surface area is 235 Å². The average Bonchev–Trinajstić information content (AvgIpc) is 3.70. The Hall–Kier alpha value is -2.82. The minimum absolute atomic E-state index is 0.0868. The molecular weight excluding hydrogens is 512 g/mol. The van der Waals surface area contributed by atoms with Gasteiger partial charge >= 0.3 is 0 Å². The Kier molecular flexibility index (Phi) is 7.56. The van der Waals surface area contributed by atoms with E-state index in [2.05, 4.69) is 15.6 Å². The first-order chi connectivity index (χ1) is 18.8. The van der Waals surface area contributed by atoms with Crippen molar-refractivity contribution in [2.75, 3.05) is 6.54 Å². The number of aliphatic hydroxyl groups is 1. The largest absolute Gasteiger partial charge is 0.384 e. The number of nitrogens with two attached hydrogens (primary N) is 1. The lowest BCUT2D eigenvalue weighted by Crippen LogP contribution is -2.62. The number of aromatic nitrogens is 3. The Morgan fingerprint density at radius 1 is 1.15 bits per heavy atom. The van der Waals surface area contributed by atoms with Gasteiger partial charge in [-0.25, -0.2) is 4.68 Å². The molecule has 2 heterocycles. The number of hydrogen-bond acceptors (Lipinski definition) is 7. The van der Waals surface area contributed by atoms with Crippen LogP contribution in [0.5, 0.6) is 0 Å². The Bertz CT molecular complexity index is 1160. The van der Waals surface area contributed by atoms with E-state index in [1.54, 1.807) is 23.4 Å². The number of nitrogens with one attached hydrogen (secondary N) is 1. The Morgan fingerprint density at radius 3 is 2.40 bits per heavy atom. The highest BCUT2D eigenvalue weighted by Crippen LogP contribution is 2.57. The number of ketones is 1. The maximum Gasteiger partial charge on any atom is 0.287 e. The van der Waals surface area contributed by atoms with Crippen molar-refractivity contribution in [2.24, 2.45) is 23.0 Å². The summed E-state index contributed by atoms with van der Waals surface area (Å²) in [6.07, 6.45) is 11.5. The number of hydrogen-bond donors (Lipinski definition) is 3. The van der Waals surface area contributed by atoms with Crippen molar-refractivity contribution in [1.82, 2.24) is 25.2 Å². The van der Waals surface area contributed by atoms with Gasteiger partial charge in [0, 0.05) is 18.9 Å². The van der Waals surface area contributed by atoms with Crippen molar-refractivity contribution < 1.29 is 24.3 Å². The molecule has 11 nitrogen and oxygen atoms in total. The molecule has 0 spiro atoms. The zero-order chi connectivity index (χ0) is 28.9. The number of rotatable bonds is 9. The van der Waals surface area contributed by atoms with Gasteiger partial charge in [-0.2, -0.15) is 0 Å². The summed E-state index contributed by atoms with van der Waals surface area (Å²) in [6.45, 7) is 5.48. The maximum atomic E-state index is 14.0. The minimum atomic E-state index is -1.34. The molecule has 1 aliphatic heterocycles. The van der Waals surface area contributed by atoms with Gasteiger partial charge in [0.1, 0.15) is 17.2 Å². The van der Waals surface area contributed by atoms with E-state index in [1.165, 1.54) is 25.5 Å². The van der Waals surface area contributed by atoms with Gasteiger partial charge in [0.2, 0.25) is 17.6 Å². The molecule has 0 radical (unpaired) electrons. The fourth-order valence-electron chi connectivity index (χ4n) is 8.17. The smallest absolute Gasteiger partial charge is 0.287 e. The number of nitrogens with zero attached hydrogens (tertiary/aromatic N) is 4. The van der Waals surface area contributed by atoms with Crippen LogP contribution in [0.25, 0.3) is 0 Å². The van der Waals surface area contributed by atoms with Crippen LogP contribution in [0.4, 0.5) is 0 Å². The number of primary amides is 1. The van der Waals surface area contributed by atoms with Gasteiger partial charge in [-0.1, -0.05) is 31.4 Å². The molecule has 3 amide bonds. The highest BCUT2D eigenvalue weighted by molar-refractivity contribution is 6.39. The molecule has 0 aromatic carbocycles. The molecular formula is C29H44N6O5. The van der Waals surface area contributed by atoms with E-state index in [9.17, 15) is 24.3 Å². The molecule has 1 saturated heterocycles. The second kappa shape index (κ2) is 10.5. The van der Waals surface area contributed by atoms with Crippen LogP contribution in [0, 0.1) is 17.3 Å². The van der Waals surface area contributed by atoms with Crippen molar-refractivity contribution in [3.05, 3.63) is 11.9 Å². The van der Waals surface area contributed by atoms with Gasteiger partial charge in [0.05, 0.1) is 17.9 Å². The highest BCUT2D eigenvalue weighted by atomic mass is 16.3. The fourth-order valence-corrected chi connectivity index (χ4v) is 8.17. The predicted octanol–water partition coefficient (Wildman–Crippen LogP) is 2.13. The van der Waals surface area contributed by atoms with E-state index < -0.39 is 34.8 Å². The van der Waals surface area contributed by atoms with E-state index in [-0.39, 0.29) is 36.2 Å². The number of likely N-dealkylation sites (tertiary alicyclic amines) is 1. The second-order valence-electron chi connectivity index (χ2n) is 13.6. The number of carbonyl (C=O) groups is 4. The van der Waals surface area contributed by atoms with Crippen LogP contribution in [-0.4, -0.2) is 66.6 Å². The molecule has 1 aromatic heterocycles. The molecule has 1 aromatic rings. The minimum Gasteiger partial charge on any atom is -0.384 e. The quantitative estimate of drug-likeness (QED) is 0.393. The first kappa shape index (κ1) is 28.7. The van der Waals surface area contributed by atoms with E-state index in [1.807, 2.05) is 6.92 Å². The lowest BCUT2D eigenvalue weighted by atomic mass is 9.76. The Morgan fingerprint density at radius 2 is 1.82 bits per heavy atom. The molecule has 4 N–H and O–H groups in total. The summed E-state index contributed by atoms with van der Waals surface area (Å²) in [5.74, 6) is -1.86. The van der Waals surface area contributed by atoms with E-state index in [0.29, 0.717) is 31.4 Å². The van der Waals surface area contributed by atoms with Gasteiger partial charge in [-0.05, 0) is 76.5 Å². The predicted molar refractivity (Wildman–Crippen MR) is 145 cm³/mol. The molecule has 4 fully saturated rings. The molecule has 4 aliphatic rings. The first-order valence-electron chi connectivity index (χ1n) is 14.9. The molecule has 1 unspecified atom stereocenters. The highest BCUT2D eigenvalue weighted by Gasteiger charge is 2.50. The number of fused-ring (bicyclic) bond motifs is 2. The summed E-state index contributed by atoms with van der Waals surface area (Å²) in [5.41, 5.74) is 3.56. The summed E-state index contributed by atoms with van der Waals surface area (Å²) in [4.78, 5) is 54.5. The third-order valence-electron chi connectivity index (χ3n) is 10.2. The number of carbonyl (C=O) groups excluding carboxylic acids is 4. The third-order valence-corrected chi connectivity index (χ3v) is 10.2. The lowest BCUT2D eigenvalue weighted by molar-refractivity contribution is -0.146. The van der Waals surface area contributed by atoms with Crippen molar-refractivity contribution in [2.45, 2.75) is 121 Å². The van der Waals surface area contributed by atoms with Crippen LogP contribution in [0.1, 0.15) is 110 Å². The van der Waals surface area contributed by atoms with Crippen molar-refractivity contribution in [3.8, 4) is 0 Å². The van der Waals surface area contributed by atoms with E-state index in [4.69, 9.17) is 5.73 Å². The third kappa shape index (κ3) is 5.29. The molecule has 3 aliphatic carbocycles. The fraction of sp³-hybridized carbons (Fsp3) is 0.793. The van der Waals surface area contributed by atoms with Gasteiger partial charge in [0.15, 0.2) is 0 Å². The van der Waals surface area contributed by atoms with Crippen LogP contribution in [0.15, 0.2) is 6.20 Å². The lowest BCUT2D eigenvalue weighted by Gasteiger charge is -2.38. The summed E-state index contributed by atoms with van der Waals surface area (Å²) in [7, 11) is 0. The van der Waals surface area contributed by atoms with Crippen LogP contribution >= 0.6 is 0 Å². The van der Waals surface area contributed by atoms with Crippen LogP contribution in [0.2, 0.25) is 0 Å². The van der Waals surface area contributed by atoms with Crippen molar-refractivity contribution in [1.29, 1.82) is 0 Å². The van der Waals surface area contributed by atoms with Gasteiger partial charge in [0.25, 0.3) is 5.91 Å². The first-order valence-corrected chi connectivity index (χ1v) is 14.9. The zero-order valence-corrected chi connectivity index (χ0v) is 24.0. The van der Waals surface area contributed by atoms with Crippen molar-refractivity contribution >= 4 is 23.5 Å². The van der Waals surface area contributed by atoms with Gasteiger partial charge in [-0.3, -0.25) is 19.2 Å². The molecule has 3 atom stereocenters. The van der Waals surface area contributed by atoms with E-state index in [0.717, 1.165) is 31.6 Å². The summed E-state index contributed by atoms with van der Waals surface area (Å²) in [5, 5.41) is 21.8. The van der Waals surface area contributed by atoms with Crippen LogP contribution in [-0.2, 0) is 24.8 Å². The molecule has 5 rings (SSSR count). The van der Waals surface area contributed by atoms with Crippen LogP contribution in [0.3, 0.4) is 0 Å². The normalized spacial score (nSPS) is 30.3. The number of Topliss-reactive ketones (excluding diaryl/α,β-unsaturated/α-hetero) is 1. The van der Waals surface area contributed by atoms with Gasteiger partial charge in [-0.15, -0.1) is 5.10 Å². The molecule has 11 heteroatoms. The summed E-state index contributed by atoms with van der Waals surface area (Å²) in [6, 6.07) is -1.24. The summed E-state index contributed by atoms with van der Waals surface area (Å²) >= 11 is 0. The van der Waals surface area contributed by atoms with Crippen LogP contribution < -0.4 is 11.1 Å². The van der Waals surface area contributed by atoms with E-state index >= 15 is 0 Å². The molecule has 220 valence electrons. The SMILES string of the molecule is CC(CC12CCC(CC1)C2)C(=O)N1C[C@@H](n2nncc2C(C)(C)O)C[C@H]1C(=O)NC1(C(=O)C(N)=O)CCCCC1. The second-order valence-corrected chi connectivity index (χ2v) is 13.6. The standard InChI is InChI=1S/C29H44N6O5/c1-18(14-28-11-7-19(15-28)8-12-28)26(39)34-17-20(35-22(16-31-33-35)27(2,3)40)13-21(34)25(38)32-29(23(36)24(30)37)9-5-4-6-10-29/h16,18-21,40H,4-15,17H2,1-3H3,(H2,30,37)(H,32,38)/t18?,19?,20-,21-,28?/m0/s1. The van der Waals surface area contributed by atoms with Gasteiger partial charge < -0.3 is 21.1 Å². The molecule has 3 saturated carbocycles. The van der Waals surface area contributed by atoms with Crippen molar-refractivity contribution in [3.63, 3.8) is 0 Å². The topological polar surface area (TPSA) is 161 Å². The summed E-state index contributed by atoms with van der Waals surface area (Å²) < 4.78 is 1.61. The monoisotopic (exact) mass is 556 g/mol. The average molecular weight is 557 g/mol. The zero-order valence-electron chi connectivity index (χ0n) is 24.0. The molecule has 2 bridgehead atoms. The number of amides is 3. The molecule has 40 heavy (non-hydrogen) atoms.